The average Bonchev–Trinajstić information content (AvgIpc) is 2.92. The number of benzene rings is 2. The number of hydrogen-bond donors (Lipinski definition) is 1. The number of nitrogens with zero attached hydrogens (tertiary/aromatic N) is 3. The molecule has 2 aromatic carbocycles. The topological polar surface area (TPSA) is 107 Å². The van der Waals surface area contributed by atoms with Crippen LogP contribution in [-0.4, -0.2) is 32.9 Å². The minimum Gasteiger partial charge on any atom is -0.497 e. The zero-order chi connectivity index (χ0) is 18.0. The van der Waals surface area contributed by atoms with Crippen LogP contribution in [0, 0.1) is 10.1 Å². The number of methoxy groups -OCH3 is 1. The number of hydrogen-bond acceptors (Lipinski definition) is 5. The first kappa shape index (κ1) is 16.4. The van der Waals surface area contributed by atoms with Crippen LogP contribution in [0.2, 0.25) is 0 Å². The highest BCUT2D eigenvalue weighted by molar-refractivity contribution is 5.91. The molecule has 0 aliphatic carbocycles. The zero-order valence-corrected chi connectivity index (χ0v) is 13.4. The lowest BCUT2D eigenvalue weighted by molar-refractivity contribution is -0.383. The summed E-state index contributed by atoms with van der Waals surface area (Å²) in [6.45, 7) is 0.283. The van der Waals surface area contributed by atoms with Crippen LogP contribution < -0.4 is 4.74 Å². The molecule has 0 unspecified atom stereocenters. The smallest absolute Gasteiger partial charge is 0.309 e. The number of para-hydroxylation sites is 1. The minimum absolute atomic E-state index is 0.102. The molecule has 1 N–H and O–H groups in total. The summed E-state index contributed by atoms with van der Waals surface area (Å²) in [6.07, 6.45) is -0.298. The standard InChI is InChI=1S/C17H15N3O5/c1-25-12-7-5-11(6-8-12)10-19-17-13(14(18-19)9-16(21)22)3-2-4-15(17)20(23)24/h2-8H,9-10H2,1H3,(H,21,22). The number of carbonyl (C=O) groups is 1. The van der Waals surface area contributed by atoms with E-state index in [1.54, 1.807) is 25.3 Å². The number of carboxylic acid groups (broad SMARTS) is 1. The summed E-state index contributed by atoms with van der Waals surface area (Å²) in [5, 5.41) is 25.2. The number of rotatable bonds is 6. The Bertz CT molecular complexity index is 947. The summed E-state index contributed by atoms with van der Waals surface area (Å²) < 4.78 is 6.59. The van der Waals surface area contributed by atoms with E-state index >= 15 is 0 Å². The highest BCUT2D eigenvalue weighted by Gasteiger charge is 2.21. The summed E-state index contributed by atoms with van der Waals surface area (Å²) in [5.74, 6) is -0.339. The number of aliphatic carboxylic acids is 1. The third kappa shape index (κ3) is 3.27. The van der Waals surface area contributed by atoms with Gasteiger partial charge in [-0.1, -0.05) is 24.3 Å². The van der Waals surface area contributed by atoms with Gasteiger partial charge in [-0.15, -0.1) is 0 Å². The predicted molar refractivity (Wildman–Crippen MR) is 89.8 cm³/mol. The van der Waals surface area contributed by atoms with Crippen molar-refractivity contribution >= 4 is 22.6 Å². The number of ether oxygens (including phenoxy) is 1. The molecule has 0 atom stereocenters. The molecule has 128 valence electrons. The molecule has 25 heavy (non-hydrogen) atoms. The van der Waals surface area contributed by atoms with E-state index in [2.05, 4.69) is 5.10 Å². The Labute approximate surface area is 142 Å². The molecule has 8 heteroatoms. The summed E-state index contributed by atoms with van der Waals surface area (Å²) in [4.78, 5) is 22.0. The molecule has 1 aromatic heterocycles. The lowest BCUT2D eigenvalue weighted by Gasteiger charge is -2.05. The van der Waals surface area contributed by atoms with Crippen LogP contribution in [0.15, 0.2) is 42.5 Å². The van der Waals surface area contributed by atoms with E-state index in [0.717, 1.165) is 5.56 Å². The number of aromatic nitrogens is 2. The number of fused-ring (bicyclic) bond motifs is 1. The van der Waals surface area contributed by atoms with E-state index in [1.807, 2.05) is 12.1 Å². The quantitative estimate of drug-likeness (QED) is 0.545. The average molecular weight is 341 g/mol. The van der Waals surface area contributed by atoms with Gasteiger partial charge in [0, 0.05) is 11.5 Å². The van der Waals surface area contributed by atoms with E-state index < -0.39 is 10.9 Å². The van der Waals surface area contributed by atoms with Gasteiger partial charge in [0.2, 0.25) is 0 Å². The van der Waals surface area contributed by atoms with E-state index in [4.69, 9.17) is 9.84 Å². The SMILES string of the molecule is COc1ccc(Cn2nc(CC(=O)O)c3cccc([N+](=O)[O-])c32)cc1. The Morgan fingerprint density at radius 2 is 2.00 bits per heavy atom. The van der Waals surface area contributed by atoms with E-state index in [0.29, 0.717) is 22.3 Å². The lowest BCUT2D eigenvalue weighted by atomic mass is 10.1. The second-order valence-electron chi connectivity index (χ2n) is 5.45. The Kier molecular flexibility index (Phi) is 4.34. The van der Waals surface area contributed by atoms with Gasteiger partial charge in [0.15, 0.2) is 0 Å². The van der Waals surface area contributed by atoms with Crippen molar-refractivity contribution in [3.63, 3.8) is 0 Å². The molecule has 0 aliphatic rings. The van der Waals surface area contributed by atoms with Crippen molar-refractivity contribution in [2.45, 2.75) is 13.0 Å². The van der Waals surface area contributed by atoms with Gasteiger partial charge in [-0.3, -0.25) is 19.6 Å². The number of non-ortho nitro benzene ring substituents is 1. The molecule has 0 saturated carbocycles. The predicted octanol–water partition coefficient (Wildman–Crippen LogP) is 2.63. The van der Waals surface area contributed by atoms with Gasteiger partial charge in [0.1, 0.15) is 11.3 Å². The fourth-order valence-corrected chi connectivity index (χ4v) is 2.72. The van der Waals surface area contributed by atoms with E-state index in [-0.39, 0.29) is 18.7 Å². The van der Waals surface area contributed by atoms with Gasteiger partial charge in [0.25, 0.3) is 5.69 Å². The van der Waals surface area contributed by atoms with Crippen LogP contribution in [0.3, 0.4) is 0 Å². The number of nitro groups is 1. The van der Waals surface area contributed by atoms with Crippen LogP contribution >= 0.6 is 0 Å². The van der Waals surface area contributed by atoms with Gasteiger partial charge in [-0.25, -0.2) is 0 Å². The third-order valence-electron chi connectivity index (χ3n) is 3.83. The van der Waals surface area contributed by atoms with Crippen LogP contribution in [0.5, 0.6) is 5.75 Å². The molecule has 0 bridgehead atoms. The molecule has 0 fully saturated rings. The van der Waals surface area contributed by atoms with E-state index in [9.17, 15) is 14.9 Å². The molecular weight excluding hydrogens is 326 g/mol. The summed E-state index contributed by atoms with van der Waals surface area (Å²) in [7, 11) is 1.57. The monoisotopic (exact) mass is 341 g/mol. The fraction of sp³-hybridized carbons (Fsp3) is 0.176. The fourth-order valence-electron chi connectivity index (χ4n) is 2.72. The first-order valence-electron chi connectivity index (χ1n) is 7.47. The molecule has 1 heterocycles. The van der Waals surface area contributed by atoms with Gasteiger partial charge in [-0.05, 0) is 17.7 Å². The van der Waals surface area contributed by atoms with Gasteiger partial charge < -0.3 is 9.84 Å². The molecule has 0 saturated heterocycles. The van der Waals surface area contributed by atoms with E-state index in [1.165, 1.54) is 16.8 Å². The molecule has 0 spiro atoms. The number of carboxylic acids is 1. The Morgan fingerprint density at radius 1 is 1.28 bits per heavy atom. The van der Waals surface area contributed by atoms with Crippen molar-refractivity contribution in [2.75, 3.05) is 7.11 Å². The van der Waals surface area contributed by atoms with Crippen molar-refractivity contribution in [3.8, 4) is 5.75 Å². The van der Waals surface area contributed by atoms with Crippen LogP contribution in [-0.2, 0) is 17.8 Å². The maximum Gasteiger partial charge on any atom is 0.309 e. The number of nitro benzene ring substituents is 1. The third-order valence-corrected chi connectivity index (χ3v) is 3.83. The first-order chi connectivity index (χ1) is 12.0. The minimum atomic E-state index is -1.04. The summed E-state index contributed by atoms with van der Waals surface area (Å²) in [6, 6.07) is 11.8. The van der Waals surface area contributed by atoms with Crippen LogP contribution in [0.4, 0.5) is 5.69 Å². The largest absolute Gasteiger partial charge is 0.497 e. The van der Waals surface area contributed by atoms with Crippen LogP contribution in [0.25, 0.3) is 10.9 Å². The van der Waals surface area contributed by atoms with Gasteiger partial charge in [-0.2, -0.15) is 5.10 Å². The van der Waals surface area contributed by atoms with Gasteiger partial charge >= 0.3 is 5.97 Å². The molecular formula is C17H15N3O5. The summed E-state index contributed by atoms with van der Waals surface area (Å²) in [5.41, 5.74) is 1.39. The highest BCUT2D eigenvalue weighted by atomic mass is 16.6. The normalized spacial score (nSPS) is 10.8. The lowest BCUT2D eigenvalue weighted by Crippen LogP contribution is -2.05. The molecule has 3 aromatic rings. The van der Waals surface area contributed by atoms with Crippen molar-refractivity contribution in [1.82, 2.24) is 9.78 Å². The van der Waals surface area contributed by atoms with Crippen molar-refractivity contribution < 1.29 is 19.6 Å². The Hall–Kier alpha value is -3.42. The van der Waals surface area contributed by atoms with Crippen molar-refractivity contribution in [3.05, 3.63) is 63.8 Å². The molecule has 0 aliphatic heterocycles. The maximum atomic E-state index is 11.4. The Morgan fingerprint density at radius 3 is 2.60 bits per heavy atom. The van der Waals surface area contributed by atoms with Crippen LogP contribution in [0.1, 0.15) is 11.3 Å². The molecule has 3 rings (SSSR count). The van der Waals surface area contributed by atoms with Crippen molar-refractivity contribution in [1.29, 1.82) is 0 Å². The maximum absolute atomic E-state index is 11.4. The Balaban J connectivity index is 2.11. The zero-order valence-electron chi connectivity index (χ0n) is 13.4. The first-order valence-corrected chi connectivity index (χ1v) is 7.47. The highest BCUT2D eigenvalue weighted by Crippen LogP contribution is 2.29. The second-order valence-corrected chi connectivity index (χ2v) is 5.45. The molecule has 8 nitrogen and oxygen atoms in total. The molecule has 0 radical (unpaired) electrons. The van der Waals surface area contributed by atoms with Crippen molar-refractivity contribution in [2.24, 2.45) is 0 Å². The van der Waals surface area contributed by atoms with Gasteiger partial charge in [0.05, 0.1) is 30.7 Å². The summed E-state index contributed by atoms with van der Waals surface area (Å²) >= 11 is 0. The second kappa shape index (κ2) is 6.60. The molecule has 0 amide bonds.